The summed E-state index contributed by atoms with van der Waals surface area (Å²) >= 11 is 0. The first-order valence-corrected chi connectivity index (χ1v) is 12.6. The van der Waals surface area contributed by atoms with E-state index in [1.54, 1.807) is 19.5 Å². The fraction of sp³-hybridized carbons (Fsp3) is 0.321. The summed E-state index contributed by atoms with van der Waals surface area (Å²) < 4.78 is 27.1. The van der Waals surface area contributed by atoms with Gasteiger partial charge in [0, 0.05) is 50.9 Å². The normalized spacial score (nSPS) is 18.4. The van der Waals surface area contributed by atoms with Crippen LogP contribution in [0.3, 0.4) is 0 Å². The van der Waals surface area contributed by atoms with E-state index >= 15 is 0 Å². The number of nitrogens with zero attached hydrogens (tertiary/aromatic N) is 4. The lowest BCUT2D eigenvalue weighted by Crippen LogP contribution is -2.39. The van der Waals surface area contributed by atoms with Crippen LogP contribution in [0.15, 0.2) is 48.8 Å². The molecule has 0 spiro atoms. The molecular weight excluding hydrogens is 487 g/mol. The molecule has 1 aliphatic heterocycles. The highest BCUT2D eigenvalue weighted by molar-refractivity contribution is 6.06. The van der Waals surface area contributed by atoms with Crippen LogP contribution < -0.4 is 15.4 Å². The fourth-order valence-electron chi connectivity index (χ4n) is 5.05. The van der Waals surface area contributed by atoms with Gasteiger partial charge in [-0.25, -0.2) is 14.4 Å². The van der Waals surface area contributed by atoms with Crippen molar-refractivity contribution >= 4 is 23.1 Å². The number of hydrogen-bond acceptors (Lipinski definition) is 7. The molecule has 2 aliphatic rings. The van der Waals surface area contributed by atoms with Crippen LogP contribution in [0.25, 0.3) is 16.9 Å². The summed E-state index contributed by atoms with van der Waals surface area (Å²) in [5, 5.41) is 6.29. The van der Waals surface area contributed by atoms with Gasteiger partial charge in [-0.1, -0.05) is 6.07 Å². The zero-order valence-electron chi connectivity index (χ0n) is 21.5. The predicted octanol–water partition coefficient (Wildman–Crippen LogP) is 4.14. The third kappa shape index (κ3) is 4.46. The summed E-state index contributed by atoms with van der Waals surface area (Å²) in [5.41, 5.74) is 5.07. The van der Waals surface area contributed by atoms with E-state index in [-0.39, 0.29) is 23.9 Å². The van der Waals surface area contributed by atoms with Crippen molar-refractivity contribution < 1.29 is 18.7 Å². The van der Waals surface area contributed by atoms with Crippen molar-refractivity contribution in [3.63, 3.8) is 0 Å². The summed E-state index contributed by atoms with van der Waals surface area (Å²) in [6, 6.07) is 10.4. The van der Waals surface area contributed by atoms with Crippen LogP contribution in [0.4, 0.5) is 15.9 Å². The Labute approximate surface area is 219 Å². The number of carbonyl (C=O) groups is 1. The van der Waals surface area contributed by atoms with Gasteiger partial charge in [0.15, 0.2) is 0 Å². The van der Waals surface area contributed by atoms with Gasteiger partial charge in [-0.2, -0.15) is 0 Å². The number of amides is 1. The molecule has 4 aromatic rings. The molecule has 6 rings (SSSR count). The number of carbonyl (C=O) groups excluding carboxylic acids is 1. The highest BCUT2D eigenvalue weighted by Gasteiger charge is 2.32. The molecule has 38 heavy (non-hydrogen) atoms. The number of halogens is 1. The number of imidazole rings is 1. The van der Waals surface area contributed by atoms with Crippen LogP contribution in [-0.4, -0.2) is 58.6 Å². The first-order chi connectivity index (χ1) is 18.4. The minimum Gasteiger partial charge on any atom is -0.488 e. The Morgan fingerprint density at radius 3 is 2.82 bits per heavy atom. The molecule has 10 heteroatoms. The van der Waals surface area contributed by atoms with E-state index in [0.717, 1.165) is 41.1 Å². The Kier molecular flexibility index (Phi) is 6.21. The number of pyridine rings is 2. The molecule has 1 fully saturated rings. The van der Waals surface area contributed by atoms with E-state index in [1.165, 1.54) is 12.1 Å². The number of rotatable bonds is 8. The Balaban J connectivity index is 1.32. The van der Waals surface area contributed by atoms with E-state index in [4.69, 9.17) is 14.5 Å². The second-order valence-corrected chi connectivity index (χ2v) is 9.99. The number of methoxy groups -OCH3 is 1. The number of ether oxygens (including phenoxy) is 2. The van der Waals surface area contributed by atoms with Gasteiger partial charge in [0.2, 0.25) is 0 Å². The standard InChI is InChI=1S/C28H29FN6O3/c1-34(2)15-22-24(38-18-11-17(12-18)37-3)6-7-25(33-22)32-21-5-4-19(20-13-31-28(36)27(20)21)23-14-30-26-10-16(29)8-9-35(23)26/h4-10,14,17-18H,11-13,15H2,1-3H3,(H,31,36)(H,32,33)/t17-,18-. The summed E-state index contributed by atoms with van der Waals surface area (Å²) in [6.45, 7) is 1.00. The second kappa shape index (κ2) is 9.70. The monoisotopic (exact) mass is 516 g/mol. The lowest BCUT2D eigenvalue weighted by molar-refractivity contribution is -0.0386. The van der Waals surface area contributed by atoms with E-state index in [9.17, 15) is 9.18 Å². The van der Waals surface area contributed by atoms with Crippen molar-refractivity contribution in [3.8, 4) is 17.0 Å². The fourth-order valence-corrected chi connectivity index (χ4v) is 5.05. The maximum atomic E-state index is 13.7. The molecular formula is C28H29FN6O3. The summed E-state index contributed by atoms with van der Waals surface area (Å²) in [4.78, 5) is 24.1. The molecule has 1 aromatic carbocycles. The molecule has 9 nitrogen and oxygen atoms in total. The SMILES string of the molecule is CO[C@H]1C[C@H](Oc2ccc(Nc3ccc(-c4cnc5cc(F)ccn45)c4c3C(=O)NC4)nc2CN(C)C)C1. The highest BCUT2D eigenvalue weighted by Crippen LogP contribution is 2.36. The zero-order chi connectivity index (χ0) is 26.4. The molecule has 4 heterocycles. The average molecular weight is 517 g/mol. The van der Waals surface area contributed by atoms with Crippen LogP contribution in [0.2, 0.25) is 0 Å². The Hall–Kier alpha value is -4.02. The van der Waals surface area contributed by atoms with E-state index in [2.05, 4.69) is 15.6 Å². The molecule has 0 bridgehead atoms. The van der Waals surface area contributed by atoms with E-state index in [0.29, 0.717) is 35.8 Å². The number of hydrogen-bond donors (Lipinski definition) is 2. The van der Waals surface area contributed by atoms with E-state index in [1.807, 2.05) is 47.7 Å². The van der Waals surface area contributed by atoms with Gasteiger partial charge in [-0.05, 0) is 43.9 Å². The molecule has 1 amide bonds. The first-order valence-electron chi connectivity index (χ1n) is 12.6. The maximum absolute atomic E-state index is 13.7. The lowest BCUT2D eigenvalue weighted by atomic mass is 9.92. The predicted molar refractivity (Wildman–Crippen MR) is 141 cm³/mol. The van der Waals surface area contributed by atoms with Gasteiger partial charge < -0.3 is 25.0 Å². The van der Waals surface area contributed by atoms with Gasteiger partial charge >= 0.3 is 0 Å². The van der Waals surface area contributed by atoms with Crippen LogP contribution in [0.5, 0.6) is 5.75 Å². The highest BCUT2D eigenvalue weighted by atomic mass is 19.1. The van der Waals surface area contributed by atoms with Gasteiger partial charge in [-0.3, -0.25) is 9.20 Å². The zero-order valence-corrected chi connectivity index (χ0v) is 21.5. The third-order valence-electron chi connectivity index (χ3n) is 7.06. The van der Waals surface area contributed by atoms with E-state index < -0.39 is 0 Å². The molecule has 1 aliphatic carbocycles. The van der Waals surface area contributed by atoms with Gasteiger partial charge in [0.05, 0.1) is 34.9 Å². The number of fused-ring (bicyclic) bond motifs is 2. The minimum absolute atomic E-state index is 0.122. The van der Waals surface area contributed by atoms with Crippen LogP contribution in [-0.2, 0) is 17.8 Å². The minimum atomic E-state index is -0.347. The van der Waals surface area contributed by atoms with Crippen molar-refractivity contribution in [2.75, 3.05) is 26.5 Å². The van der Waals surface area contributed by atoms with Gasteiger partial charge in [0.25, 0.3) is 5.91 Å². The summed E-state index contributed by atoms with van der Waals surface area (Å²) in [5.74, 6) is 0.875. The van der Waals surface area contributed by atoms with Crippen molar-refractivity contribution in [1.82, 2.24) is 24.6 Å². The summed E-state index contributed by atoms with van der Waals surface area (Å²) in [7, 11) is 5.70. The lowest BCUT2D eigenvalue weighted by Gasteiger charge is -2.34. The molecule has 196 valence electrons. The number of nitrogens with one attached hydrogen (secondary N) is 2. The number of anilines is 2. The van der Waals surface area contributed by atoms with Crippen molar-refractivity contribution in [1.29, 1.82) is 0 Å². The molecule has 3 aromatic heterocycles. The second-order valence-electron chi connectivity index (χ2n) is 9.99. The van der Waals surface area contributed by atoms with Crippen molar-refractivity contribution in [3.05, 3.63) is 71.4 Å². The maximum Gasteiger partial charge on any atom is 0.254 e. The molecule has 0 saturated heterocycles. The molecule has 1 saturated carbocycles. The average Bonchev–Trinajstić information content (AvgIpc) is 3.46. The summed E-state index contributed by atoms with van der Waals surface area (Å²) in [6.07, 6.45) is 5.46. The van der Waals surface area contributed by atoms with Gasteiger partial charge in [0.1, 0.15) is 29.1 Å². The number of benzene rings is 1. The quantitative estimate of drug-likeness (QED) is 0.364. The smallest absolute Gasteiger partial charge is 0.254 e. The molecule has 0 radical (unpaired) electrons. The first kappa shape index (κ1) is 24.3. The Morgan fingerprint density at radius 2 is 2.03 bits per heavy atom. The third-order valence-corrected chi connectivity index (χ3v) is 7.06. The largest absolute Gasteiger partial charge is 0.488 e. The topological polar surface area (TPSA) is 93.0 Å². The molecule has 2 N–H and O–H groups in total. The Bertz CT molecular complexity index is 1530. The van der Waals surface area contributed by atoms with Gasteiger partial charge in [-0.15, -0.1) is 0 Å². The molecule has 0 atom stereocenters. The van der Waals surface area contributed by atoms with Crippen molar-refractivity contribution in [2.24, 2.45) is 0 Å². The Morgan fingerprint density at radius 1 is 1.18 bits per heavy atom. The van der Waals surface area contributed by atoms with Crippen molar-refractivity contribution in [2.45, 2.75) is 38.1 Å². The van der Waals surface area contributed by atoms with Crippen LogP contribution >= 0.6 is 0 Å². The van der Waals surface area contributed by atoms with Crippen LogP contribution in [0, 0.1) is 5.82 Å². The number of aromatic nitrogens is 3. The molecule has 0 unspecified atom stereocenters. The van der Waals surface area contributed by atoms with Crippen LogP contribution in [0.1, 0.15) is 34.5 Å².